The largest absolute Gasteiger partial charge is 0.360 e. The molecule has 3 aromatic rings. The summed E-state index contributed by atoms with van der Waals surface area (Å²) >= 11 is 5.95. The molecule has 1 aliphatic heterocycles. The summed E-state index contributed by atoms with van der Waals surface area (Å²) in [6.07, 6.45) is 2.05. The van der Waals surface area contributed by atoms with Crippen LogP contribution in [0.15, 0.2) is 33.6 Å². The van der Waals surface area contributed by atoms with Crippen LogP contribution in [0.3, 0.4) is 0 Å². The average Bonchev–Trinajstić information content (AvgIpc) is 3.15. The number of fused-ring (bicyclic) bond motifs is 1. The second-order valence-corrected chi connectivity index (χ2v) is 8.60. The number of nitrogens with zero attached hydrogens (tertiary/aromatic N) is 4. The van der Waals surface area contributed by atoms with Crippen molar-refractivity contribution in [1.29, 1.82) is 0 Å². The predicted octanol–water partition coefficient (Wildman–Crippen LogP) is 2.68. The van der Waals surface area contributed by atoms with Crippen molar-refractivity contribution < 1.29 is 9.32 Å². The van der Waals surface area contributed by atoms with E-state index in [1.54, 1.807) is 13.8 Å². The third-order valence-corrected chi connectivity index (χ3v) is 6.09. The van der Waals surface area contributed by atoms with E-state index >= 15 is 0 Å². The summed E-state index contributed by atoms with van der Waals surface area (Å²) < 4.78 is 6.26. The second-order valence-electron chi connectivity index (χ2n) is 8.16. The molecule has 0 bridgehead atoms. The lowest BCUT2D eigenvalue weighted by molar-refractivity contribution is -0.122. The number of hydrogen-bond donors (Lipinski definition) is 1. The van der Waals surface area contributed by atoms with Gasteiger partial charge in [0.25, 0.3) is 5.56 Å². The molecule has 9 heteroatoms. The van der Waals surface area contributed by atoms with Crippen LogP contribution in [0.5, 0.6) is 0 Å². The fraction of sp³-hybridized carbons (Fsp3) is 0.455. The van der Waals surface area contributed by atoms with Crippen LogP contribution in [0.1, 0.15) is 29.9 Å². The summed E-state index contributed by atoms with van der Waals surface area (Å²) in [6.45, 7) is 6.88. The summed E-state index contributed by atoms with van der Waals surface area (Å²) in [5.74, 6) is 0.755. The quantitative estimate of drug-likeness (QED) is 0.629. The van der Waals surface area contributed by atoms with Crippen molar-refractivity contribution in [3.63, 3.8) is 0 Å². The van der Waals surface area contributed by atoms with Crippen molar-refractivity contribution in [2.75, 3.05) is 19.6 Å². The zero-order valence-corrected chi connectivity index (χ0v) is 18.5. The normalized spacial score (nSPS) is 15.5. The molecule has 8 nitrogen and oxygen atoms in total. The van der Waals surface area contributed by atoms with Gasteiger partial charge in [-0.15, -0.1) is 0 Å². The first-order chi connectivity index (χ1) is 14.9. The number of aromatic nitrogens is 3. The maximum absolute atomic E-state index is 12.5. The molecule has 31 heavy (non-hydrogen) atoms. The Morgan fingerprint density at radius 1 is 1.23 bits per heavy atom. The van der Waals surface area contributed by atoms with Gasteiger partial charge in [-0.3, -0.25) is 14.5 Å². The van der Waals surface area contributed by atoms with Crippen LogP contribution >= 0.6 is 11.6 Å². The van der Waals surface area contributed by atoms with Crippen LogP contribution in [-0.4, -0.2) is 45.4 Å². The van der Waals surface area contributed by atoms with Gasteiger partial charge in [0.15, 0.2) is 5.52 Å². The van der Waals surface area contributed by atoms with Gasteiger partial charge in [-0.2, -0.15) is 5.10 Å². The number of benzene rings is 1. The lowest BCUT2D eigenvalue weighted by atomic mass is 9.96. The monoisotopic (exact) mass is 443 g/mol. The molecule has 1 N–H and O–H groups in total. The van der Waals surface area contributed by atoms with E-state index < -0.39 is 5.56 Å². The minimum atomic E-state index is -0.414. The van der Waals surface area contributed by atoms with Gasteiger partial charge in [0.2, 0.25) is 5.91 Å². The lowest BCUT2D eigenvalue weighted by Gasteiger charge is -2.32. The molecule has 0 spiro atoms. The fourth-order valence-corrected chi connectivity index (χ4v) is 4.22. The number of halogens is 1. The van der Waals surface area contributed by atoms with Gasteiger partial charge in [0.1, 0.15) is 12.3 Å². The average molecular weight is 444 g/mol. The zero-order valence-electron chi connectivity index (χ0n) is 17.7. The summed E-state index contributed by atoms with van der Waals surface area (Å²) in [7, 11) is 0. The number of aryl methyl sites for hydroxylation is 2. The molecular weight excluding hydrogens is 418 g/mol. The Bertz CT molecular complexity index is 1130. The first-order valence-corrected chi connectivity index (χ1v) is 10.9. The lowest BCUT2D eigenvalue weighted by Crippen LogP contribution is -2.40. The number of carbonyl (C=O) groups is 1. The standard InChI is InChI=1S/C22H26ClN5O3/c1-14-20-15(2)31-26-21(20)22(30)28(25-14)13-19(29)24-11-16-7-9-27(10-8-16)12-17-3-5-18(23)6-4-17/h3-6,16H,7-13H2,1-2H3,(H,24,29). The molecule has 1 aliphatic rings. The second kappa shape index (κ2) is 9.20. The van der Waals surface area contributed by atoms with Gasteiger partial charge in [-0.1, -0.05) is 28.9 Å². The van der Waals surface area contributed by atoms with Crippen LogP contribution in [0, 0.1) is 19.8 Å². The SMILES string of the molecule is Cc1nn(CC(=O)NCC2CCN(Cc3ccc(Cl)cc3)CC2)c(=O)c2noc(C)c12. The van der Waals surface area contributed by atoms with Crippen LogP contribution in [0.2, 0.25) is 5.02 Å². The Labute approximate surface area is 185 Å². The smallest absolute Gasteiger partial charge is 0.297 e. The van der Waals surface area contributed by atoms with Crippen LogP contribution in [0.25, 0.3) is 10.9 Å². The number of likely N-dealkylation sites (tertiary alicyclic amines) is 1. The van der Waals surface area contributed by atoms with Crippen molar-refractivity contribution in [2.45, 2.75) is 39.8 Å². The molecule has 0 atom stereocenters. The first-order valence-electron chi connectivity index (χ1n) is 10.5. The highest BCUT2D eigenvalue weighted by atomic mass is 35.5. The van der Waals surface area contributed by atoms with Crippen LogP contribution < -0.4 is 10.9 Å². The van der Waals surface area contributed by atoms with Gasteiger partial charge in [0, 0.05) is 18.1 Å². The van der Waals surface area contributed by atoms with Gasteiger partial charge >= 0.3 is 0 Å². The highest BCUT2D eigenvalue weighted by Crippen LogP contribution is 2.19. The van der Waals surface area contributed by atoms with Gasteiger partial charge in [0.05, 0.1) is 11.1 Å². The Balaban J connectivity index is 1.26. The molecule has 1 saturated heterocycles. The van der Waals surface area contributed by atoms with E-state index in [9.17, 15) is 9.59 Å². The van der Waals surface area contributed by atoms with E-state index in [1.165, 1.54) is 5.56 Å². The Hall–Kier alpha value is -2.71. The molecular formula is C22H26ClN5O3. The topological polar surface area (TPSA) is 93.3 Å². The summed E-state index contributed by atoms with van der Waals surface area (Å²) in [6, 6.07) is 7.96. The zero-order chi connectivity index (χ0) is 22.0. The molecule has 1 amide bonds. The summed E-state index contributed by atoms with van der Waals surface area (Å²) in [5, 5.41) is 12.4. The summed E-state index contributed by atoms with van der Waals surface area (Å²) in [4.78, 5) is 27.4. The van der Waals surface area contributed by atoms with Gasteiger partial charge in [-0.25, -0.2) is 4.68 Å². The van der Waals surface area contributed by atoms with Crippen molar-refractivity contribution in [3.8, 4) is 0 Å². The van der Waals surface area contributed by atoms with Crippen molar-refractivity contribution in [2.24, 2.45) is 5.92 Å². The Morgan fingerprint density at radius 2 is 1.94 bits per heavy atom. The maximum Gasteiger partial charge on any atom is 0.297 e. The molecule has 3 heterocycles. The molecule has 4 rings (SSSR count). The van der Waals surface area contributed by atoms with E-state index in [0.29, 0.717) is 29.3 Å². The minimum Gasteiger partial charge on any atom is -0.360 e. The number of hydrogen-bond acceptors (Lipinski definition) is 6. The van der Waals surface area contributed by atoms with Crippen molar-refractivity contribution in [3.05, 3.63) is 56.7 Å². The Morgan fingerprint density at radius 3 is 2.65 bits per heavy atom. The number of carbonyl (C=O) groups excluding carboxylic acids is 1. The minimum absolute atomic E-state index is 0.128. The molecule has 1 aromatic carbocycles. The molecule has 0 saturated carbocycles. The highest BCUT2D eigenvalue weighted by molar-refractivity contribution is 6.30. The number of piperidine rings is 1. The van der Waals surface area contributed by atoms with E-state index in [4.69, 9.17) is 16.1 Å². The number of nitrogens with one attached hydrogen (secondary N) is 1. The molecule has 164 valence electrons. The molecule has 0 aliphatic carbocycles. The number of rotatable bonds is 6. The third-order valence-electron chi connectivity index (χ3n) is 5.84. The highest BCUT2D eigenvalue weighted by Gasteiger charge is 2.21. The van der Waals surface area contributed by atoms with Crippen LogP contribution in [-0.2, 0) is 17.9 Å². The molecule has 1 fully saturated rings. The first kappa shape index (κ1) is 21.5. The van der Waals surface area contributed by atoms with Crippen molar-refractivity contribution in [1.82, 2.24) is 25.2 Å². The van der Waals surface area contributed by atoms with E-state index in [2.05, 4.69) is 32.6 Å². The third kappa shape index (κ3) is 4.97. The fourth-order valence-electron chi connectivity index (χ4n) is 4.10. The van der Waals surface area contributed by atoms with Gasteiger partial charge < -0.3 is 9.84 Å². The van der Waals surface area contributed by atoms with E-state index in [-0.39, 0.29) is 18.0 Å². The van der Waals surface area contributed by atoms with E-state index in [1.807, 2.05) is 12.1 Å². The van der Waals surface area contributed by atoms with E-state index in [0.717, 1.165) is 42.2 Å². The van der Waals surface area contributed by atoms with Gasteiger partial charge in [-0.05, 0) is 63.4 Å². The molecule has 0 unspecified atom stereocenters. The number of amides is 1. The molecule has 2 aromatic heterocycles. The van der Waals surface area contributed by atoms with Crippen LogP contribution in [0.4, 0.5) is 0 Å². The maximum atomic E-state index is 12.5. The molecule has 0 radical (unpaired) electrons. The summed E-state index contributed by atoms with van der Waals surface area (Å²) in [5.41, 5.74) is 1.67. The van der Waals surface area contributed by atoms with Crippen molar-refractivity contribution >= 4 is 28.4 Å². The Kier molecular flexibility index (Phi) is 6.38. The predicted molar refractivity (Wildman–Crippen MR) is 118 cm³/mol.